The summed E-state index contributed by atoms with van der Waals surface area (Å²) in [7, 11) is 0. The van der Waals surface area contributed by atoms with Crippen LogP contribution in [-0.4, -0.2) is 20.2 Å². The second kappa shape index (κ2) is 4.94. The van der Waals surface area contributed by atoms with E-state index >= 15 is 0 Å². The molecule has 0 bridgehead atoms. The summed E-state index contributed by atoms with van der Waals surface area (Å²) in [6, 6.07) is 7.66. The van der Waals surface area contributed by atoms with Crippen LogP contribution in [0.25, 0.3) is 0 Å². The zero-order valence-corrected chi connectivity index (χ0v) is 9.65. The first kappa shape index (κ1) is 10.9. The Hall–Kier alpha value is -1.62. The molecule has 0 saturated carbocycles. The van der Waals surface area contributed by atoms with Gasteiger partial charge in [-0.3, -0.25) is 0 Å². The molecule has 5 nitrogen and oxygen atoms in total. The summed E-state index contributed by atoms with van der Waals surface area (Å²) in [5, 5.41) is 15.6. The van der Waals surface area contributed by atoms with Crippen LogP contribution in [0, 0.1) is 0 Å². The Kier molecular flexibility index (Phi) is 3.36. The van der Waals surface area contributed by atoms with E-state index in [-0.39, 0.29) is 0 Å². The maximum atomic E-state index is 6.02. The minimum atomic E-state index is 0.516. The fraction of sp³-hybridized carbons (Fsp3) is 0.300. The minimum Gasteiger partial charge on any atom is -0.347 e. The normalized spacial score (nSPS) is 10.4. The molecule has 0 aliphatic heterocycles. The van der Waals surface area contributed by atoms with Gasteiger partial charge in [-0.05, 0) is 23.8 Å². The monoisotopic (exact) mass is 237 g/mol. The first-order valence-corrected chi connectivity index (χ1v) is 5.42. The molecule has 0 radical (unpaired) electrons. The zero-order valence-electron chi connectivity index (χ0n) is 8.89. The number of nitrogens with one attached hydrogen (secondary N) is 1. The first-order valence-electron chi connectivity index (χ1n) is 5.04. The Morgan fingerprint density at radius 3 is 2.88 bits per heavy atom. The van der Waals surface area contributed by atoms with Crippen LogP contribution in [0.3, 0.4) is 0 Å². The molecule has 0 spiro atoms. The first-order chi connectivity index (χ1) is 7.79. The third kappa shape index (κ3) is 2.49. The summed E-state index contributed by atoms with van der Waals surface area (Å²) in [6.07, 6.45) is 0. The van der Waals surface area contributed by atoms with Crippen LogP contribution in [0.4, 0.5) is 5.95 Å². The SMILES string of the molecule is CCn1nnc(NCc2ccccc2Cl)n1. The summed E-state index contributed by atoms with van der Waals surface area (Å²) in [4.78, 5) is 1.52. The quantitative estimate of drug-likeness (QED) is 0.883. The van der Waals surface area contributed by atoms with E-state index in [9.17, 15) is 0 Å². The number of anilines is 1. The minimum absolute atomic E-state index is 0.516. The third-order valence-electron chi connectivity index (χ3n) is 2.13. The number of aryl methyl sites for hydroxylation is 1. The highest BCUT2D eigenvalue weighted by Crippen LogP contribution is 2.15. The average Bonchev–Trinajstić information content (AvgIpc) is 2.76. The van der Waals surface area contributed by atoms with Crippen LogP contribution in [0.15, 0.2) is 24.3 Å². The average molecular weight is 238 g/mol. The maximum absolute atomic E-state index is 6.02. The molecule has 0 aliphatic carbocycles. The van der Waals surface area contributed by atoms with Gasteiger partial charge in [0.2, 0.25) is 0 Å². The van der Waals surface area contributed by atoms with E-state index in [0.29, 0.717) is 19.0 Å². The van der Waals surface area contributed by atoms with Crippen molar-refractivity contribution in [3.05, 3.63) is 34.9 Å². The standard InChI is InChI=1S/C10H12ClN5/c1-2-16-14-10(13-15-16)12-7-8-5-3-4-6-9(8)11/h3-6H,2,7H2,1H3,(H,12,14). The molecular weight excluding hydrogens is 226 g/mol. The van der Waals surface area contributed by atoms with Gasteiger partial charge in [-0.15, -0.1) is 5.10 Å². The largest absolute Gasteiger partial charge is 0.347 e. The van der Waals surface area contributed by atoms with Crippen molar-refractivity contribution in [2.24, 2.45) is 0 Å². The number of tetrazole rings is 1. The van der Waals surface area contributed by atoms with E-state index in [1.165, 1.54) is 4.80 Å². The van der Waals surface area contributed by atoms with Crippen molar-refractivity contribution in [1.82, 2.24) is 20.2 Å². The summed E-state index contributed by atoms with van der Waals surface area (Å²) < 4.78 is 0. The highest BCUT2D eigenvalue weighted by atomic mass is 35.5. The molecule has 2 rings (SSSR count). The predicted octanol–water partition coefficient (Wildman–Crippen LogP) is 1.96. The number of hydrogen-bond acceptors (Lipinski definition) is 4. The van der Waals surface area contributed by atoms with E-state index in [1.807, 2.05) is 31.2 Å². The van der Waals surface area contributed by atoms with E-state index < -0.39 is 0 Å². The van der Waals surface area contributed by atoms with Gasteiger partial charge in [0.15, 0.2) is 0 Å². The van der Waals surface area contributed by atoms with Gasteiger partial charge in [0.25, 0.3) is 5.95 Å². The molecule has 0 unspecified atom stereocenters. The molecule has 1 N–H and O–H groups in total. The van der Waals surface area contributed by atoms with Crippen LogP contribution >= 0.6 is 11.6 Å². The third-order valence-corrected chi connectivity index (χ3v) is 2.50. The highest BCUT2D eigenvalue weighted by molar-refractivity contribution is 6.31. The Bertz CT molecular complexity index is 468. The fourth-order valence-electron chi connectivity index (χ4n) is 1.26. The Morgan fingerprint density at radius 2 is 2.19 bits per heavy atom. The van der Waals surface area contributed by atoms with Gasteiger partial charge in [0.1, 0.15) is 0 Å². The van der Waals surface area contributed by atoms with Gasteiger partial charge in [0, 0.05) is 11.6 Å². The molecule has 1 aromatic heterocycles. The van der Waals surface area contributed by atoms with Gasteiger partial charge in [-0.1, -0.05) is 34.9 Å². The lowest BCUT2D eigenvalue weighted by molar-refractivity contribution is 0.552. The second-order valence-electron chi connectivity index (χ2n) is 3.25. The van der Waals surface area contributed by atoms with Gasteiger partial charge in [-0.25, -0.2) is 0 Å². The van der Waals surface area contributed by atoms with Gasteiger partial charge >= 0.3 is 0 Å². The predicted molar refractivity (Wildman–Crippen MR) is 62.3 cm³/mol. The van der Waals surface area contributed by atoms with E-state index in [0.717, 1.165) is 10.6 Å². The molecular formula is C10H12ClN5. The Balaban J connectivity index is 1.99. The molecule has 1 aromatic carbocycles. The summed E-state index contributed by atoms with van der Waals surface area (Å²) in [5.41, 5.74) is 1.01. The number of nitrogens with zero attached hydrogens (tertiary/aromatic N) is 4. The molecule has 16 heavy (non-hydrogen) atoms. The molecule has 0 saturated heterocycles. The number of hydrogen-bond donors (Lipinski definition) is 1. The van der Waals surface area contributed by atoms with Crippen LogP contribution in [0.5, 0.6) is 0 Å². The topological polar surface area (TPSA) is 55.6 Å². The van der Waals surface area contributed by atoms with Crippen molar-refractivity contribution in [3.63, 3.8) is 0 Å². The smallest absolute Gasteiger partial charge is 0.263 e. The Morgan fingerprint density at radius 1 is 1.38 bits per heavy atom. The van der Waals surface area contributed by atoms with Gasteiger partial charge in [0.05, 0.1) is 6.54 Å². The second-order valence-corrected chi connectivity index (χ2v) is 3.65. The molecule has 6 heteroatoms. The number of rotatable bonds is 4. The molecule has 2 aromatic rings. The van der Waals surface area contributed by atoms with Crippen molar-refractivity contribution in [1.29, 1.82) is 0 Å². The van der Waals surface area contributed by atoms with Crippen molar-refractivity contribution in [2.75, 3.05) is 5.32 Å². The zero-order chi connectivity index (χ0) is 11.4. The number of benzene rings is 1. The van der Waals surface area contributed by atoms with Crippen LogP contribution in [0.1, 0.15) is 12.5 Å². The van der Waals surface area contributed by atoms with Crippen LogP contribution in [0.2, 0.25) is 5.02 Å². The van der Waals surface area contributed by atoms with Gasteiger partial charge in [-0.2, -0.15) is 4.80 Å². The van der Waals surface area contributed by atoms with E-state index in [4.69, 9.17) is 11.6 Å². The van der Waals surface area contributed by atoms with Gasteiger partial charge < -0.3 is 5.32 Å². The van der Waals surface area contributed by atoms with Crippen LogP contribution < -0.4 is 5.32 Å². The molecule has 84 valence electrons. The maximum Gasteiger partial charge on any atom is 0.263 e. The molecule has 0 atom stereocenters. The Labute approximate surface area is 98.4 Å². The summed E-state index contributed by atoms with van der Waals surface area (Å²) >= 11 is 6.02. The van der Waals surface area contributed by atoms with Crippen molar-refractivity contribution in [2.45, 2.75) is 20.0 Å². The number of aromatic nitrogens is 4. The highest BCUT2D eigenvalue weighted by Gasteiger charge is 2.02. The summed E-state index contributed by atoms with van der Waals surface area (Å²) in [5.74, 6) is 0.516. The van der Waals surface area contributed by atoms with E-state index in [2.05, 4.69) is 20.7 Å². The lowest BCUT2D eigenvalue weighted by Crippen LogP contribution is -2.03. The lowest BCUT2D eigenvalue weighted by atomic mass is 10.2. The van der Waals surface area contributed by atoms with Crippen molar-refractivity contribution < 1.29 is 0 Å². The van der Waals surface area contributed by atoms with E-state index in [1.54, 1.807) is 0 Å². The molecule has 0 amide bonds. The molecule has 1 heterocycles. The van der Waals surface area contributed by atoms with Crippen LogP contribution in [-0.2, 0) is 13.1 Å². The summed E-state index contributed by atoms with van der Waals surface area (Å²) in [6.45, 7) is 3.26. The van der Waals surface area contributed by atoms with Crippen molar-refractivity contribution >= 4 is 17.5 Å². The lowest BCUT2D eigenvalue weighted by Gasteiger charge is -2.03. The molecule has 0 fully saturated rings. The number of halogens is 1. The molecule has 0 aliphatic rings. The fourth-order valence-corrected chi connectivity index (χ4v) is 1.47. The van der Waals surface area contributed by atoms with Crippen molar-refractivity contribution in [3.8, 4) is 0 Å².